The molecule has 200 valence electrons. The van der Waals surface area contributed by atoms with Crippen molar-refractivity contribution in [2.45, 2.75) is 6.04 Å². The van der Waals surface area contributed by atoms with Gasteiger partial charge in [0.15, 0.2) is 0 Å². The Balaban J connectivity index is 1.14. The van der Waals surface area contributed by atoms with Crippen LogP contribution in [-0.4, -0.2) is 11.8 Å². The summed E-state index contributed by atoms with van der Waals surface area (Å²) in [5.74, 6) is 0. The van der Waals surface area contributed by atoms with Crippen molar-refractivity contribution in [2.75, 3.05) is 0 Å². The Labute approximate surface area is 251 Å². The van der Waals surface area contributed by atoms with E-state index in [1.165, 1.54) is 27.2 Å². The average Bonchev–Trinajstić information content (AvgIpc) is 3.38. The van der Waals surface area contributed by atoms with E-state index in [4.69, 9.17) is 4.99 Å². The van der Waals surface area contributed by atoms with Gasteiger partial charge < -0.3 is 5.32 Å². The highest BCUT2D eigenvalue weighted by Crippen LogP contribution is 2.44. The standard InChI is InChI=1S/C38H23N4P/c39-22-24-7-14-29(15-8-24)43(30-16-9-25(23-40)10-17-30)31-18-11-26(12-19-31)28-13-20-34-35(21-28)42-38-33-6-2-4-27-3-1-5-32(36(27)33)37(38)41-34/h1-21,34,41H. The highest BCUT2D eigenvalue weighted by Gasteiger charge is 2.31. The van der Waals surface area contributed by atoms with Gasteiger partial charge in [-0.3, -0.25) is 0 Å². The molecule has 0 fully saturated rings. The highest BCUT2D eigenvalue weighted by atomic mass is 31.1. The molecule has 3 aliphatic rings. The van der Waals surface area contributed by atoms with Gasteiger partial charge in [-0.1, -0.05) is 97.1 Å². The van der Waals surface area contributed by atoms with Crippen LogP contribution in [0.15, 0.2) is 132 Å². The Morgan fingerprint density at radius 1 is 0.674 bits per heavy atom. The number of allylic oxidation sites excluding steroid dienone is 2. The van der Waals surface area contributed by atoms with Crippen molar-refractivity contribution in [3.05, 3.63) is 155 Å². The fraction of sp³-hybridized carbons (Fsp3) is 0.0263. The molecule has 0 spiro atoms. The number of nitrogens with one attached hydrogen (secondary N) is 1. The topological polar surface area (TPSA) is 72.0 Å². The highest BCUT2D eigenvalue weighted by molar-refractivity contribution is 7.79. The number of nitrogens with zero attached hydrogens (tertiary/aromatic N) is 3. The van der Waals surface area contributed by atoms with Crippen LogP contribution >= 0.6 is 7.92 Å². The number of rotatable bonds is 4. The predicted molar refractivity (Wildman–Crippen MR) is 177 cm³/mol. The van der Waals surface area contributed by atoms with Gasteiger partial charge in [0.25, 0.3) is 0 Å². The number of aliphatic imine (C=N–C) groups is 1. The molecule has 5 aromatic rings. The summed E-state index contributed by atoms with van der Waals surface area (Å²) in [6.45, 7) is 0. The molecule has 1 atom stereocenters. The first kappa shape index (κ1) is 25.2. The van der Waals surface area contributed by atoms with E-state index in [0.717, 1.165) is 38.9 Å². The van der Waals surface area contributed by atoms with Crippen LogP contribution in [0, 0.1) is 22.7 Å². The van der Waals surface area contributed by atoms with E-state index in [1.54, 1.807) is 0 Å². The Hall–Kier alpha value is -5.54. The maximum absolute atomic E-state index is 9.30. The second-order valence-electron chi connectivity index (χ2n) is 10.7. The lowest BCUT2D eigenvalue weighted by Gasteiger charge is -2.27. The third-order valence-corrected chi connectivity index (χ3v) is 10.7. The molecule has 5 heteroatoms. The van der Waals surface area contributed by atoms with E-state index in [-0.39, 0.29) is 6.04 Å². The summed E-state index contributed by atoms with van der Waals surface area (Å²) in [7, 11) is -0.864. The van der Waals surface area contributed by atoms with Gasteiger partial charge in [-0.2, -0.15) is 10.5 Å². The SMILES string of the molecule is N#Cc1ccc(P(c2ccc(C#N)cc2)c2ccc(C3=CC4=NC5=C(NC4C=C3)c3cccc4cccc5c34)cc2)cc1. The van der Waals surface area contributed by atoms with E-state index < -0.39 is 7.92 Å². The van der Waals surface area contributed by atoms with Crippen LogP contribution in [0.25, 0.3) is 27.7 Å². The summed E-state index contributed by atoms with van der Waals surface area (Å²) in [4.78, 5) is 5.20. The summed E-state index contributed by atoms with van der Waals surface area (Å²) in [5, 5.41) is 28.4. The Bertz CT molecular complexity index is 2090. The van der Waals surface area contributed by atoms with Gasteiger partial charge in [0, 0.05) is 16.5 Å². The first-order chi connectivity index (χ1) is 21.2. The van der Waals surface area contributed by atoms with E-state index in [2.05, 4.69) is 96.3 Å². The largest absolute Gasteiger partial charge is 0.371 e. The lowest BCUT2D eigenvalue weighted by atomic mass is 9.94. The Kier molecular flexibility index (Phi) is 5.90. The monoisotopic (exact) mass is 566 g/mol. The quantitative estimate of drug-likeness (QED) is 0.251. The fourth-order valence-electron chi connectivity index (χ4n) is 6.18. The van der Waals surface area contributed by atoms with Gasteiger partial charge >= 0.3 is 0 Å². The van der Waals surface area contributed by atoms with Crippen molar-refractivity contribution in [2.24, 2.45) is 4.99 Å². The molecule has 1 heterocycles. The molecular formula is C38H23N4P. The van der Waals surface area contributed by atoms with Crippen molar-refractivity contribution < 1.29 is 0 Å². The fourth-order valence-corrected chi connectivity index (χ4v) is 8.41. The van der Waals surface area contributed by atoms with Crippen molar-refractivity contribution >= 4 is 57.3 Å². The molecule has 0 radical (unpaired) electrons. The molecule has 43 heavy (non-hydrogen) atoms. The third kappa shape index (κ3) is 4.21. The molecule has 1 N–H and O–H groups in total. The first-order valence-corrected chi connectivity index (χ1v) is 15.5. The summed E-state index contributed by atoms with van der Waals surface area (Å²) in [6, 6.07) is 41.8. The van der Waals surface area contributed by atoms with Crippen LogP contribution in [0.3, 0.4) is 0 Å². The lowest BCUT2D eigenvalue weighted by Crippen LogP contribution is -2.36. The molecule has 1 aliphatic heterocycles. The maximum Gasteiger partial charge on any atom is 0.0991 e. The van der Waals surface area contributed by atoms with Crippen molar-refractivity contribution in [3.63, 3.8) is 0 Å². The maximum atomic E-state index is 9.30. The molecule has 4 nitrogen and oxygen atoms in total. The number of fused-ring (bicyclic) bond motifs is 3. The van der Waals surface area contributed by atoms with Gasteiger partial charge in [-0.05, 0) is 70.7 Å². The van der Waals surface area contributed by atoms with E-state index >= 15 is 0 Å². The molecule has 5 aromatic carbocycles. The summed E-state index contributed by atoms with van der Waals surface area (Å²) in [6.07, 6.45) is 6.59. The minimum absolute atomic E-state index is 0.0342. The number of nitriles is 2. The van der Waals surface area contributed by atoms with Crippen LogP contribution < -0.4 is 21.2 Å². The van der Waals surface area contributed by atoms with Crippen LogP contribution in [0.2, 0.25) is 0 Å². The van der Waals surface area contributed by atoms with E-state index in [0.29, 0.717) is 11.1 Å². The van der Waals surface area contributed by atoms with Crippen LogP contribution in [0.1, 0.15) is 27.8 Å². The van der Waals surface area contributed by atoms with Crippen molar-refractivity contribution in [1.82, 2.24) is 5.32 Å². The summed E-state index contributed by atoms with van der Waals surface area (Å²) in [5.41, 5.74) is 9.12. The van der Waals surface area contributed by atoms with Gasteiger partial charge in [-0.25, -0.2) is 4.99 Å². The molecule has 0 amide bonds. The minimum Gasteiger partial charge on any atom is -0.371 e. The summed E-state index contributed by atoms with van der Waals surface area (Å²) >= 11 is 0. The molecule has 2 aliphatic carbocycles. The molecule has 1 unspecified atom stereocenters. The van der Waals surface area contributed by atoms with Crippen LogP contribution in [-0.2, 0) is 0 Å². The van der Waals surface area contributed by atoms with Crippen LogP contribution in [0.5, 0.6) is 0 Å². The molecular weight excluding hydrogens is 543 g/mol. The number of hydrogen-bond acceptors (Lipinski definition) is 4. The van der Waals surface area contributed by atoms with Crippen molar-refractivity contribution in [3.8, 4) is 12.1 Å². The van der Waals surface area contributed by atoms with E-state index in [1.807, 2.05) is 48.5 Å². The van der Waals surface area contributed by atoms with Gasteiger partial charge in [0.05, 0.1) is 46.4 Å². The zero-order chi connectivity index (χ0) is 28.9. The minimum atomic E-state index is -0.864. The smallest absolute Gasteiger partial charge is 0.0991 e. The van der Waals surface area contributed by atoms with Gasteiger partial charge in [0.1, 0.15) is 0 Å². The van der Waals surface area contributed by atoms with Crippen molar-refractivity contribution in [1.29, 1.82) is 10.5 Å². The molecule has 0 saturated carbocycles. The average molecular weight is 567 g/mol. The van der Waals surface area contributed by atoms with Gasteiger partial charge in [-0.15, -0.1) is 0 Å². The summed E-state index contributed by atoms with van der Waals surface area (Å²) < 4.78 is 0. The Morgan fingerprint density at radius 2 is 1.26 bits per heavy atom. The second kappa shape index (κ2) is 10.1. The lowest BCUT2D eigenvalue weighted by molar-refractivity contribution is 0.887. The van der Waals surface area contributed by atoms with E-state index in [9.17, 15) is 10.5 Å². The predicted octanol–water partition coefficient (Wildman–Crippen LogP) is 6.55. The number of hydrogen-bond donors (Lipinski definition) is 1. The van der Waals surface area contributed by atoms with Gasteiger partial charge in [0.2, 0.25) is 0 Å². The molecule has 0 aromatic heterocycles. The zero-order valence-electron chi connectivity index (χ0n) is 23.0. The molecule has 0 bridgehead atoms. The normalized spacial score (nSPS) is 16.1. The molecule has 8 rings (SSSR count). The zero-order valence-corrected chi connectivity index (χ0v) is 23.9. The second-order valence-corrected chi connectivity index (χ2v) is 13.0. The third-order valence-electron chi connectivity index (χ3n) is 8.27. The number of benzene rings is 5. The van der Waals surface area contributed by atoms with Crippen LogP contribution in [0.4, 0.5) is 0 Å². The molecule has 0 saturated heterocycles. The Morgan fingerprint density at radius 3 is 1.86 bits per heavy atom. The first-order valence-electron chi connectivity index (χ1n) is 14.1.